The maximum atomic E-state index is 12.6. The van der Waals surface area contributed by atoms with Gasteiger partial charge < -0.3 is 5.32 Å². The van der Waals surface area contributed by atoms with Gasteiger partial charge in [-0.3, -0.25) is 4.79 Å². The number of hydrogen-bond donors (Lipinski definition) is 1. The molecule has 7 heteroatoms. The van der Waals surface area contributed by atoms with Crippen molar-refractivity contribution in [2.75, 3.05) is 13.1 Å². The summed E-state index contributed by atoms with van der Waals surface area (Å²) in [7, 11) is -3.48. The molecule has 134 valence electrons. The highest BCUT2D eigenvalue weighted by molar-refractivity contribution is 9.10. The summed E-state index contributed by atoms with van der Waals surface area (Å²) in [5.41, 5.74) is 0. The number of halogens is 1. The van der Waals surface area contributed by atoms with Crippen molar-refractivity contribution in [3.63, 3.8) is 0 Å². The molecule has 1 aromatic carbocycles. The Morgan fingerprint density at radius 3 is 2.42 bits per heavy atom. The summed E-state index contributed by atoms with van der Waals surface area (Å²) >= 11 is 3.31. The Balaban J connectivity index is 1.94. The number of hydrogen-bond acceptors (Lipinski definition) is 3. The van der Waals surface area contributed by atoms with Crippen molar-refractivity contribution < 1.29 is 13.2 Å². The van der Waals surface area contributed by atoms with Gasteiger partial charge in [0.05, 0.1) is 4.90 Å². The number of carbonyl (C=O) groups is 1. The van der Waals surface area contributed by atoms with Crippen LogP contribution in [-0.2, 0) is 14.8 Å². The van der Waals surface area contributed by atoms with Gasteiger partial charge >= 0.3 is 0 Å². The van der Waals surface area contributed by atoms with E-state index in [1.807, 2.05) is 6.92 Å². The zero-order chi connectivity index (χ0) is 17.7. The first-order valence-electron chi connectivity index (χ1n) is 8.40. The molecule has 1 fully saturated rings. The standard InChI is InChI=1S/C17H25BrN2O3S/c1-3-4-13(2)19-17(21)14-9-11-20(12-10-14)24(22,23)16-7-5-15(18)6-8-16/h5-8,13-14H,3-4,9-12H2,1-2H3,(H,19,21)/t13-/m0/s1. The molecular formula is C17H25BrN2O3S. The van der Waals surface area contributed by atoms with Crippen LogP contribution in [0.2, 0.25) is 0 Å². The van der Waals surface area contributed by atoms with Crippen molar-refractivity contribution in [1.82, 2.24) is 9.62 Å². The Morgan fingerprint density at radius 1 is 1.29 bits per heavy atom. The molecule has 1 saturated heterocycles. The molecule has 0 saturated carbocycles. The van der Waals surface area contributed by atoms with Gasteiger partial charge in [0.2, 0.25) is 15.9 Å². The highest BCUT2D eigenvalue weighted by atomic mass is 79.9. The molecule has 5 nitrogen and oxygen atoms in total. The SMILES string of the molecule is CCC[C@H](C)NC(=O)C1CCN(S(=O)(=O)c2ccc(Br)cc2)CC1. The summed E-state index contributed by atoms with van der Waals surface area (Å²) in [5.74, 6) is -0.0442. The van der Waals surface area contributed by atoms with Crippen molar-refractivity contribution in [3.05, 3.63) is 28.7 Å². The number of sulfonamides is 1. The van der Waals surface area contributed by atoms with Gasteiger partial charge in [-0.25, -0.2) is 8.42 Å². The minimum Gasteiger partial charge on any atom is -0.353 e. The normalized spacial score (nSPS) is 18.3. The molecule has 0 radical (unpaired) electrons. The van der Waals surface area contributed by atoms with Crippen LogP contribution in [0.15, 0.2) is 33.6 Å². The Kier molecular flexibility index (Phi) is 6.83. The predicted molar refractivity (Wildman–Crippen MR) is 98.1 cm³/mol. The van der Waals surface area contributed by atoms with E-state index in [0.29, 0.717) is 30.8 Å². The summed E-state index contributed by atoms with van der Waals surface area (Å²) in [6.07, 6.45) is 3.13. The molecule has 24 heavy (non-hydrogen) atoms. The lowest BCUT2D eigenvalue weighted by atomic mass is 9.96. The van der Waals surface area contributed by atoms with Crippen LogP contribution in [0.4, 0.5) is 0 Å². The second-order valence-corrected chi connectivity index (χ2v) is 9.18. The van der Waals surface area contributed by atoms with Crippen molar-refractivity contribution in [3.8, 4) is 0 Å². The van der Waals surface area contributed by atoms with Crippen molar-refractivity contribution >= 4 is 31.9 Å². The van der Waals surface area contributed by atoms with Crippen LogP contribution in [0.25, 0.3) is 0 Å². The van der Waals surface area contributed by atoms with E-state index in [4.69, 9.17) is 0 Å². The van der Waals surface area contributed by atoms with Crippen molar-refractivity contribution in [2.24, 2.45) is 5.92 Å². The summed E-state index contributed by atoms with van der Waals surface area (Å²) in [6, 6.07) is 6.83. The molecule has 0 spiro atoms. The number of nitrogens with one attached hydrogen (secondary N) is 1. The lowest BCUT2D eigenvalue weighted by Gasteiger charge is -2.31. The molecule has 1 aliphatic rings. The third-order valence-corrected chi connectivity index (χ3v) is 6.83. The fourth-order valence-electron chi connectivity index (χ4n) is 2.98. The van der Waals surface area contributed by atoms with Crippen molar-refractivity contribution in [1.29, 1.82) is 0 Å². The smallest absolute Gasteiger partial charge is 0.243 e. The monoisotopic (exact) mass is 416 g/mol. The first-order chi connectivity index (χ1) is 11.3. The van der Waals surface area contributed by atoms with E-state index in [0.717, 1.165) is 17.3 Å². The van der Waals surface area contributed by atoms with Gasteiger partial charge in [0.25, 0.3) is 0 Å². The van der Waals surface area contributed by atoms with Crippen LogP contribution in [0.1, 0.15) is 39.5 Å². The molecule has 1 N–H and O–H groups in total. The van der Waals surface area contributed by atoms with E-state index in [9.17, 15) is 13.2 Å². The fraction of sp³-hybridized carbons (Fsp3) is 0.588. The average Bonchev–Trinajstić information content (AvgIpc) is 2.55. The third-order valence-electron chi connectivity index (χ3n) is 4.39. The van der Waals surface area contributed by atoms with Crippen molar-refractivity contribution in [2.45, 2.75) is 50.5 Å². The topological polar surface area (TPSA) is 66.5 Å². The van der Waals surface area contributed by atoms with Crippen LogP contribution >= 0.6 is 15.9 Å². The Bertz CT molecular complexity index is 653. The molecule has 0 unspecified atom stereocenters. The Labute approximate surface area is 153 Å². The van der Waals surface area contributed by atoms with E-state index in [2.05, 4.69) is 28.2 Å². The summed E-state index contributed by atoms with van der Waals surface area (Å²) < 4.78 is 27.6. The molecule has 0 bridgehead atoms. The maximum absolute atomic E-state index is 12.6. The fourth-order valence-corrected chi connectivity index (χ4v) is 4.71. The zero-order valence-electron chi connectivity index (χ0n) is 14.2. The van der Waals surface area contributed by atoms with E-state index in [1.165, 1.54) is 4.31 Å². The molecule has 0 aliphatic carbocycles. The molecule has 1 amide bonds. The molecule has 1 aromatic rings. The largest absolute Gasteiger partial charge is 0.353 e. The summed E-state index contributed by atoms with van der Waals surface area (Å²) in [4.78, 5) is 12.6. The first kappa shape index (κ1) is 19.4. The van der Waals surface area contributed by atoms with E-state index < -0.39 is 10.0 Å². The van der Waals surface area contributed by atoms with Crippen LogP contribution < -0.4 is 5.32 Å². The molecule has 1 aliphatic heterocycles. The molecular weight excluding hydrogens is 392 g/mol. The Hall–Kier alpha value is -0.920. The Morgan fingerprint density at radius 2 is 1.88 bits per heavy atom. The van der Waals surface area contributed by atoms with Crippen LogP contribution in [0.3, 0.4) is 0 Å². The second-order valence-electron chi connectivity index (χ2n) is 6.33. The minimum atomic E-state index is -3.48. The number of benzene rings is 1. The molecule has 1 atom stereocenters. The number of amides is 1. The lowest BCUT2D eigenvalue weighted by molar-refractivity contribution is -0.126. The highest BCUT2D eigenvalue weighted by Crippen LogP contribution is 2.25. The second kappa shape index (κ2) is 8.45. The average molecular weight is 417 g/mol. The van der Waals surface area contributed by atoms with Crippen LogP contribution in [0, 0.1) is 5.92 Å². The van der Waals surface area contributed by atoms with Gasteiger partial charge in [-0.05, 0) is 50.5 Å². The first-order valence-corrected chi connectivity index (χ1v) is 10.6. The van der Waals surface area contributed by atoms with Gasteiger partial charge in [-0.2, -0.15) is 4.31 Å². The summed E-state index contributed by atoms with van der Waals surface area (Å²) in [6.45, 7) is 4.87. The lowest BCUT2D eigenvalue weighted by Crippen LogP contribution is -2.44. The van der Waals surface area contributed by atoms with Gasteiger partial charge in [-0.15, -0.1) is 0 Å². The summed E-state index contributed by atoms with van der Waals surface area (Å²) in [5, 5.41) is 3.03. The molecule has 0 aromatic heterocycles. The van der Waals surface area contributed by atoms with Crippen LogP contribution in [-0.4, -0.2) is 37.8 Å². The molecule has 2 rings (SSSR count). The molecule has 1 heterocycles. The minimum absolute atomic E-state index is 0.0524. The predicted octanol–water partition coefficient (Wildman–Crippen LogP) is 3.15. The zero-order valence-corrected chi connectivity index (χ0v) is 16.6. The highest BCUT2D eigenvalue weighted by Gasteiger charge is 2.32. The van der Waals surface area contributed by atoms with E-state index in [1.54, 1.807) is 24.3 Å². The number of nitrogens with zero attached hydrogens (tertiary/aromatic N) is 1. The van der Waals surface area contributed by atoms with Gasteiger partial charge in [0.15, 0.2) is 0 Å². The van der Waals surface area contributed by atoms with Crippen LogP contribution in [0.5, 0.6) is 0 Å². The quantitative estimate of drug-likeness (QED) is 0.774. The van der Waals surface area contributed by atoms with E-state index >= 15 is 0 Å². The maximum Gasteiger partial charge on any atom is 0.243 e. The van der Waals surface area contributed by atoms with Gasteiger partial charge in [0.1, 0.15) is 0 Å². The van der Waals surface area contributed by atoms with E-state index in [-0.39, 0.29) is 17.9 Å². The van der Waals surface area contributed by atoms with Gasteiger partial charge in [-0.1, -0.05) is 29.3 Å². The van der Waals surface area contributed by atoms with Gasteiger partial charge in [0, 0.05) is 29.5 Å². The number of piperidine rings is 1. The number of rotatable bonds is 6. The number of carbonyl (C=O) groups excluding carboxylic acids is 1. The third kappa shape index (κ3) is 4.80.